The molecule has 0 aliphatic rings. The van der Waals surface area contributed by atoms with Crippen LogP contribution in [0.1, 0.15) is 11.1 Å². The maximum absolute atomic E-state index is 13.2. The molecule has 0 aliphatic carbocycles. The monoisotopic (exact) mass is 311 g/mol. The minimum Gasteiger partial charge on any atom is -0.206 e. The van der Waals surface area contributed by atoms with Crippen molar-refractivity contribution in [3.8, 4) is 6.07 Å². The molecule has 2 rings (SSSR count). The molecule has 0 aromatic heterocycles. The van der Waals surface area contributed by atoms with Crippen LogP contribution in [0.4, 0.5) is 4.39 Å². The van der Waals surface area contributed by atoms with Crippen molar-refractivity contribution in [3.05, 3.63) is 63.4 Å². The van der Waals surface area contributed by atoms with Gasteiger partial charge in [0.1, 0.15) is 11.9 Å². The van der Waals surface area contributed by atoms with E-state index in [1.165, 1.54) is 17.8 Å². The van der Waals surface area contributed by atoms with E-state index in [1.54, 1.807) is 30.3 Å². The van der Waals surface area contributed by atoms with Crippen molar-refractivity contribution in [1.29, 1.82) is 5.26 Å². The fourth-order valence-corrected chi connectivity index (χ4v) is 2.93. The molecule has 1 nitrogen and oxygen atoms in total. The van der Waals surface area contributed by atoms with Gasteiger partial charge in [-0.15, -0.1) is 11.8 Å². The van der Waals surface area contributed by atoms with Gasteiger partial charge < -0.3 is 0 Å². The highest BCUT2D eigenvalue weighted by molar-refractivity contribution is 7.98. The average Bonchev–Trinajstić information content (AvgIpc) is 2.41. The van der Waals surface area contributed by atoms with Gasteiger partial charge >= 0.3 is 0 Å². The van der Waals surface area contributed by atoms with E-state index >= 15 is 0 Å². The van der Waals surface area contributed by atoms with Crippen molar-refractivity contribution in [2.75, 3.05) is 0 Å². The first kappa shape index (κ1) is 14.2. The summed E-state index contributed by atoms with van der Waals surface area (Å²) in [5, 5.41) is 10.0. The van der Waals surface area contributed by atoms with Gasteiger partial charge in [0.05, 0.1) is 10.6 Å². The minimum absolute atomic E-state index is 0.0512. The van der Waals surface area contributed by atoms with Crippen LogP contribution in [0.3, 0.4) is 0 Å². The summed E-state index contributed by atoms with van der Waals surface area (Å²) in [4.78, 5) is 0.858. The van der Waals surface area contributed by atoms with E-state index < -0.39 is 5.82 Å². The molecular weight excluding hydrogens is 304 g/mol. The van der Waals surface area contributed by atoms with Gasteiger partial charge in [0.2, 0.25) is 0 Å². The van der Waals surface area contributed by atoms with E-state index in [0.29, 0.717) is 15.8 Å². The van der Waals surface area contributed by atoms with Crippen LogP contribution >= 0.6 is 35.0 Å². The molecular formula is C14H8Cl2FNS. The van der Waals surface area contributed by atoms with Crippen molar-refractivity contribution >= 4 is 35.0 Å². The van der Waals surface area contributed by atoms with E-state index in [2.05, 4.69) is 0 Å². The van der Waals surface area contributed by atoms with Crippen molar-refractivity contribution in [3.63, 3.8) is 0 Å². The summed E-state index contributed by atoms with van der Waals surface area (Å²) < 4.78 is 13.2. The number of hydrogen-bond acceptors (Lipinski definition) is 2. The summed E-state index contributed by atoms with van der Waals surface area (Å²) in [7, 11) is 0. The number of thioether (sulfide) groups is 1. The van der Waals surface area contributed by atoms with Crippen LogP contribution in [0, 0.1) is 17.1 Å². The van der Waals surface area contributed by atoms with Crippen molar-refractivity contribution in [1.82, 2.24) is 0 Å². The Kier molecular flexibility index (Phi) is 4.71. The Hall–Kier alpha value is -1.21. The van der Waals surface area contributed by atoms with E-state index in [4.69, 9.17) is 28.5 Å². The molecule has 0 fully saturated rings. The predicted octanol–water partition coefficient (Wildman–Crippen LogP) is 5.30. The summed E-state index contributed by atoms with van der Waals surface area (Å²) in [6.45, 7) is 0. The molecule has 0 spiro atoms. The second kappa shape index (κ2) is 6.29. The lowest BCUT2D eigenvalue weighted by molar-refractivity contribution is 0.623. The minimum atomic E-state index is -0.503. The zero-order valence-corrected chi connectivity index (χ0v) is 12.0. The molecule has 2 aromatic carbocycles. The molecule has 0 heterocycles. The van der Waals surface area contributed by atoms with Gasteiger partial charge in [-0.25, -0.2) is 4.39 Å². The lowest BCUT2D eigenvalue weighted by atomic mass is 10.1. The summed E-state index contributed by atoms with van der Waals surface area (Å²) in [5.74, 6) is 0.0895. The number of nitriles is 1. The number of nitrogens with zero attached hydrogens (tertiary/aromatic N) is 1. The molecule has 0 N–H and O–H groups in total. The van der Waals surface area contributed by atoms with E-state index in [1.807, 2.05) is 6.07 Å². The Labute approximate surface area is 125 Å². The summed E-state index contributed by atoms with van der Waals surface area (Å²) in [5.41, 5.74) is 0.911. The van der Waals surface area contributed by atoms with Gasteiger partial charge in [-0.3, -0.25) is 0 Å². The Balaban J connectivity index is 2.15. The molecule has 0 saturated carbocycles. The second-order valence-electron chi connectivity index (χ2n) is 3.79. The molecule has 19 heavy (non-hydrogen) atoms. The number of hydrogen-bond donors (Lipinski definition) is 0. The highest BCUT2D eigenvalue weighted by atomic mass is 35.5. The Bertz CT molecular complexity index is 652. The van der Waals surface area contributed by atoms with E-state index in [9.17, 15) is 4.39 Å². The Morgan fingerprint density at radius 3 is 2.68 bits per heavy atom. The molecule has 0 saturated heterocycles. The van der Waals surface area contributed by atoms with Gasteiger partial charge in [-0.2, -0.15) is 5.26 Å². The lowest BCUT2D eigenvalue weighted by Crippen LogP contribution is -1.88. The van der Waals surface area contributed by atoms with Gasteiger partial charge in [-0.1, -0.05) is 29.3 Å². The normalized spacial score (nSPS) is 10.2. The van der Waals surface area contributed by atoms with Crippen LogP contribution in [0.2, 0.25) is 10.0 Å². The molecule has 0 atom stereocenters. The second-order valence-corrected chi connectivity index (χ2v) is 5.65. The first-order valence-corrected chi connectivity index (χ1v) is 7.10. The lowest BCUT2D eigenvalue weighted by Gasteiger charge is -2.05. The van der Waals surface area contributed by atoms with Crippen LogP contribution in [-0.2, 0) is 5.75 Å². The molecule has 0 unspecified atom stereocenters. The smallest absolute Gasteiger partial charge is 0.140 e. The molecule has 2 aromatic rings. The standard InChI is InChI=1S/C14H8Cl2FNS/c15-11-2-3-12(16)14(6-11)19-8-9-1-4-13(17)10(5-9)7-18/h1-6H,8H2. The molecule has 0 amide bonds. The number of halogens is 3. The van der Waals surface area contributed by atoms with Crippen LogP contribution in [0.25, 0.3) is 0 Å². The van der Waals surface area contributed by atoms with Crippen molar-refractivity contribution < 1.29 is 4.39 Å². The van der Waals surface area contributed by atoms with Gasteiger partial charge in [0, 0.05) is 15.7 Å². The Morgan fingerprint density at radius 2 is 1.95 bits per heavy atom. The van der Waals surface area contributed by atoms with E-state index in [0.717, 1.165) is 10.5 Å². The number of benzene rings is 2. The topological polar surface area (TPSA) is 23.8 Å². The third kappa shape index (κ3) is 3.63. The van der Waals surface area contributed by atoms with Gasteiger partial charge in [0.15, 0.2) is 0 Å². The molecule has 96 valence electrons. The summed E-state index contributed by atoms with van der Waals surface area (Å²) in [6, 6.07) is 11.6. The third-order valence-electron chi connectivity index (χ3n) is 2.44. The SMILES string of the molecule is N#Cc1cc(CSc2cc(Cl)ccc2Cl)ccc1F. The highest BCUT2D eigenvalue weighted by Crippen LogP contribution is 2.32. The first-order valence-electron chi connectivity index (χ1n) is 5.36. The van der Waals surface area contributed by atoms with E-state index in [-0.39, 0.29) is 5.56 Å². The number of rotatable bonds is 3. The van der Waals surface area contributed by atoms with Crippen molar-refractivity contribution in [2.45, 2.75) is 10.6 Å². The average molecular weight is 312 g/mol. The zero-order chi connectivity index (χ0) is 13.8. The zero-order valence-electron chi connectivity index (χ0n) is 9.66. The fraction of sp³-hybridized carbons (Fsp3) is 0.0714. The predicted molar refractivity (Wildman–Crippen MR) is 77.1 cm³/mol. The summed E-state index contributed by atoms with van der Waals surface area (Å²) >= 11 is 13.4. The molecule has 5 heteroatoms. The van der Waals surface area contributed by atoms with Gasteiger partial charge in [-0.05, 0) is 35.9 Å². The Morgan fingerprint density at radius 1 is 1.16 bits per heavy atom. The fourth-order valence-electron chi connectivity index (χ4n) is 1.50. The highest BCUT2D eigenvalue weighted by Gasteiger charge is 2.06. The largest absolute Gasteiger partial charge is 0.206 e. The van der Waals surface area contributed by atoms with Crippen LogP contribution in [0.15, 0.2) is 41.3 Å². The third-order valence-corrected chi connectivity index (χ3v) is 4.24. The van der Waals surface area contributed by atoms with Crippen LogP contribution in [-0.4, -0.2) is 0 Å². The molecule has 0 radical (unpaired) electrons. The maximum Gasteiger partial charge on any atom is 0.140 e. The maximum atomic E-state index is 13.2. The summed E-state index contributed by atoms with van der Waals surface area (Å²) in [6.07, 6.45) is 0. The molecule has 0 aliphatic heterocycles. The van der Waals surface area contributed by atoms with Crippen molar-refractivity contribution in [2.24, 2.45) is 0 Å². The van der Waals surface area contributed by atoms with Gasteiger partial charge in [0.25, 0.3) is 0 Å². The van der Waals surface area contributed by atoms with Crippen LogP contribution in [0.5, 0.6) is 0 Å². The quantitative estimate of drug-likeness (QED) is 0.718. The van der Waals surface area contributed by atoms with Crippen LogP contribution < -0.4 is 0 Å². The molecule has 0 bridgehead atoms. The first-order chi connectivity index (χ1) is 9.10.